The third-order valence-corrected chi connectivity index (χ3v) is 1.40. The van der Waals surface area contributed by atoms with E-state index in [0.29, 0.717) is 6.04 Å². The van der Waals surface area contributed by atoms with Crippen LogP contribution in [-0.4, -0.2) is 17.2 Å². The van der Waals surface area contributed by atoms with Crippen LogP contribution in [0.3, 0.4) is 0 Å². The fourth-order valence-electron chi connectivity index (χ4n) is 0.594. The van der Waals surface area contributed by atoms with Crippen LogP contribution in [0.25, 0.3) is 0 Å². The van der Waals surface area contributed by atoms with Gasteiger partial charge in [-0.1, -0.05) is 6.92 Å². The van der Waals surface area contributed by atoms with Crippen molar-refractivity contribution in [2.24, 2.45) is 11.6 Å². The van der Waals surface area contributed by atoms with Crippen molar-refractivity contribution < 1.29 is 0 Å². The van der Waals surface area contributed by atoms with Crippen LogP contribution in [0.15, 0.2) is 0 Å². The summed E-state index contributed by atoms with van der Waals surface area (Å²) in [6.07, 6.45) is 0.902. The predicted octanol–water partition coefficient (Wildman–Crippen LogP) is 0.265. The molecule has 0 aliphatic heterocycles. The summed E-state index contributed by atoms with van der Waals surface area (Å²) in [5.74, 6) is 5.58. The minimum Gasteiger partial charge on any atom is -0.315 e. The van der Waals surface area contributed by atoms with Crippen molar-refractivity contribution in [3.63, 3.8) is 0 Å². The molecule has 0 heterocycles. The van der Waals surface area contributed by atoms with Crippen molar-refractivity contribution in [2.45, 2.75) is 39.4 Å². The first kappa shape index (κ1) is 8.88. The van der Waals surface area contributed by atoms with Crippen molar-refractivity contribution in [2.75, 3.05) is 0 Å². The van der Waals surface area contributed by atoms with Crippen molar-refractivity contribution in [3.05, 3.63) is 0 Å². The Kier molecular flexibility index (Phi) is 3.77. The number of hydrazine groups is 1. The first-order valence-corrected chi connectivity index (χ1v) is 3.38. The maximum Gasteiger partial charge on any atom is 0.0705 e. The molecule has 0 saturated heterocycles. The molecule has 1 unspecified atom stereocenters. The summed E-state index contributed by atoms with van der Waals surface area (Å²) in [5.41, 5.74) is 5.62. The second-order valence-corrected chi connectivity index (χ2v) is 2.52. The Morgan fingerprint density at radius 3 is 2.00 bits per heavy atom. The van der Waals surface area contributed by atoms with E-state index in [1.54, 1.807) is 5.01 Å². The van der Waals surface area contributed by atoms with Gasteiger partial charge in [-0.05, 0) is 20.3 Å². The summed E-state index contributed by atoms with van der Waals surface area (Å²) >= 11 is 0. The van der Waals surface area contributed by atoms with Gasteiger partial charge in [-0.3, -0.25) is 5.84 Å². The molecule has 0 amide bonds. The number of rotatable bonds is 3. The van der Waals surface area contributed by atoms with Gasteiger partial charge in [0.05, 0.1) is 6.17 Å². The second kappa shape index (κ2) is 3.82. The number of nitrogens with two attached hydrogens (primary N) is 2. The molecule has 0 aromatic heterocycles. The minimum atomic E-state index is 0.00463. The molecule has 56 valence electrons. The lowest BCUT2D eigenvalue weighted by Crippen LogP contribution is -2.50. The molecule has 0 fully saturated rings. The van der Waals surface area contributed by atoms with Crippen LogP contribution < -0.4 is 11.6 Å². The Balaban J connectivity index is 3.58. The lowest BCUT2D eigenvalue weighted by atomic mass is 10.3. The highest BCUT2D eigenvalue weighted by atomic mass is 15.5. The highest BCUT2D eigenvalue weighted by Gasteiger charge is 2.09. The van der Waals surface area contributed by atoms with E-state index in [0.717, 1.165) is 6.42 Å². The van der Waals surface area contributed by atoms with Crippen LogP contribution in [0, 0.1) is 0 Å². The van der Waals surface area contributed by atoms with Crippen LogP contribution >= 0.6 is 0 Å². The van der Waals surface area contributed by atoms with Gasteiger partial charge in [-0.2, -0.15) is 0 Å². The zero-order valence-electron chi connectivity index (χ0n) is 6.46. The number of hydrogen-bond acceptors (Lipinski definition) is 3. The Bertz CT molecular complexity index is 72.7. The molecule has 0 radical (unpaired) electrons. The van der Waals surface area contributed by atoms with E-state index >= 15 is 0 Å². The molecule has 0 saturated carbocycles. The van der Waals surface area contributed by atoms with Gasteiger partial charge in [0.15, 0.2) is 0 Å². The molecule has 3 nitrogen and oxygen atoms in total. The molecule has 0 aromatic rings. The zero-order chi connectivity index (χ0) is 7.44. The van der Waals surface area contributed by atoms with Crippen molar-refractivity contribution >= 4 is 0 Å². The summed E-state index contributed by atoms with van der Waals surface area (Å²) in [4.78, 5) is 0. The Hall–Kier alpha value is -0.120. The molecule has 4 N–H and O–H groups in total. The summed E-state index contributed by atoms with van der Waals surface area (Å²) in [5, 5.41) is 1.67. The van der Waals surface area contributed by atoms with Crippen molar-refractivity contribution in [1.29, 1.82) is 0 Å². The van der Waals surface area contributed by atoms with Crippen molar-refractivity contribution in [3.8, 4) is 0 Å². The third kappa shape index (κ3) is 2.79. The smallest absolute Gasteiger partial charge is 0.0705 e. The molecule has 0 spiro atoms. The van der Waals surface area contributed by atoms with Crippen LogP contribution in [-0.2, 0) is 0 Å². The Morgan fingerprint density at radius 1 is 1.44 bits per heavy atom. The summed E-state index contributed by atoms with van der Waals surface area (Å²) in [6, 6.07) is 0.333. The van der Waals surface area contributed by atoms with Gasteiger partial charge in [0.2, 0.25) is 0 Å². The molecule has 0 aliphatic carbocycles. The SMILES string of the molecule is CCC(N)N(N)C(C)C. The minimum absolute atomic E-state index is 0.00463. The standard InChI is InChI=1S/C6H17N3/c1-4-6(7)9(8)5(2)3/h5-6H,4,7-8H2,1-3H3. The molecule has 0 rings (SSSR count). The van der Waals surface area contributed by atoms with E-state index in [9.17, 15) is 0 Å². The molecule has 3 heteroatoms. The third-order valence-electron chi connectivity index (χ3n) is 1.40. The number of nitrogens with zero attached hydrogens (tertiary/aromatic N) is 1. The van der Waals surface area contributed by atoms with E-state index in [1.807, 2.05) is 20.8 Å². The van der Waals surface area contributed by atoms with E-state index in [2.05, 4.69) is 0 Å². The normalized spacial score (nSPS) is 15.0. The van der Waals surface area contributed by atoms with Gasteiger partial charge in [0, 0.05) is 6.04 Å². The van der Waals surface area contributed by atoms with Gasteiger partial charge < -0.3 is 5.73 Å². The van der Waals surface area contributed by atoms with Crippen LogP contribution in [0.2, 0.25) is 0 Å². The molecule has 1 atom stereocenters. The highest BCUT2D eigenvalue weighted by Crippen LogP contribution is 1.96. The summed E-state index contributed by atoms with van der Waals surface area (Å²) in [6.45, 7) is 6.07. The average Bonchev–Trinajstić information content (AvgIpc) is 1.84. The van der Waals surface area contributed by atoms with Crippen molar-refractivity contribution in [1.82, 2.24) is 5.01 Å². The lowest BCUT2D eigenvalue weighted by molar-refractivity contribution is 0.155. The van der Waals surface area contributed by atoms with Crippen LogP contribution in [0.4, 0.5) is 0 Å². The molecular weight excluding hydrogens is 114 g/mol. The van der Waals surface area contributed by atoms with E-state index in [4.69, 9.17) is 11.6 Å². The lowest BCUT2D eigenvalue weighted by Gasteiger charge is -2.26. The largest absolute Gasteiger partial charge is 0.315 e. The second-order valence-electron chi connectivity index (χ2n) is 2.52. The maximum atomic E-state index is 5.62. The predicted molar refractivity (Wildman–Crippen MR) is 39.4 cm³/mol. The highest BCUT2D eigenvalue weighted by molar-refractivity contribution is 4.60. The fraction of sp³-hybridized carbons (Fsp3) is 1.00. The average molecular weight is 131 g/mol. The van der Waals surface area contributed by atoms with Crippen LogP contribution in [0.1, 0.15) is 27.2 Å². The van der Waals surface area contributed by atoms with E-state index in [-0.39, 0.29) is 6.17 Å². The molecule has 0 aromatic carbocycles. The van der Waals surface area contributed by atoms with Gasteiger partial charge in [-0.25, -0.2) is 5.01 Å². The first-order chi connectivity index (χ1) is 4.09. The van der Waals surface area contributed by atoms with Gasteiger partial charge in [0.25, 0.3) is 0 Å². The van der Waals surface area contributed by atoms with Gasteiger partial charge in [-0.15, -0.1) is 0 Å². The first-order valence-electron chi connectivity index (χ1n) is 3.38. The summed E-state index contributed by atoms with van der Waals surface area (Å²) < 4.78 is 0. The van der Waals surface area contributed by atoms with Crippen LogP contribution in [0.5, 0.6) is 0 Å². The maximum absolute atomic E-state index is 5.62. The number of hydrogen-bond donors (Lipinski definition) is 2. The molecular formula is C6H17N3. The quantitative estimate of drug-likeness (QED) is 0.328. The zero-order valence-corrected chi connectivity index (χ0v) is 6.46. The van der Waals surface area contributed by atoms with E-state index < -0.39 is 0 Å². The fourth-order valence-corrected chi connectivity index (χ4v) is 0.594. The monoisotopic (exact) mass is 131 g/mol. The van der Waals surface area contributed by atoms with Gasteiger partial charge in [0.1, 0.15) is 0 Å². The molecule has 0 bridgehead atoms. The van der Waals surface area contributed by atoms with Gasteiger partial charge >= 0.3 is 0 Å². The topological polar surface area (TPSA) is 55.3 Å². The molecule has 0 aliphatic rings. The Morgan fingerprint density at radius 2 is 1.89 bits per heavy atom. The van der Waals surface area contributed by atoms with E-state index in [1.165, 1.54) is 0 Å². The molecule has 9 heavy (non-hydrogen) atoms. The Labute approximate surface area is 57.0 Å². The summed E-state index contributed by atoms with van der Waals surface area (Å²) in [7, 11) is 0.